The van der Waals surface area contributed by atoms with Crippen LogP contribution in [0.1, 0.15) is 18.4 Å². The van der Waals surface area contributed by atoms with Crippen LogP contribution in [0.15, 0.2) is 48.9 Å². The second kappa shape index (κ2) is 7.14. The van der Waals surface area contributed by atoms with E-state index in [-0.39, 0.29) is 17.7 Å². The van der Waals surface area contributed by atoms with E-state index in [0.29, 0.717) is 13.1 Å². The third kappa shape index (κ3) is 3.36. The number of ether oxygens (including phenoxy) is 1. The Morgan fingerprint density at radius 3 is 2.71 bits per heavy atom. The van der Waals surface area contributed by atoms with Gasteiger partial charge in [0.05, 0.1) is 18.7 Å². The summed E-state index contributed by atoms with van der Waals surface area (Å²) in [6.07, 6.45) is 5.06. The average molecular weight is 379 g/mol. The van der Waals surface area contributed by atoms with E-state index in [2.05, 4.69) is 31.9 Å². The van der Waals surface area contributed by atoms with Crippen molar-refractivity contribution >= 4 is 11.7 Å². The normalized spacial score (nSPS) is 24.6. The molecule has 0 radical (unpaired) electrons. The molecule has 0 N–H and O–H groups in total. The molecule has 4 heterocycles. The van der Waals surface area contributed by atoms with Gasteiger partial charge in [0.25, 0.3) is 0 Å². The van der Waals surface area contributed by atoms with Crippen LogP contribution in [0.2, 0.25) is 0 Å². The first-order valence-electron chi connectivity index (χ1n) is 9.95. The lowest BCUT2D eigenvalue weighted by atomic mass is 9.91. The fourth-order valence-corrected chi connectivity index (χ4v) is 4.61. The van der Waals surface area contributed by atoms with Crippen molar-refractivity contribution in [3.63, 3.8) is 0 Å². The number of hydrogen-bond acceptors (Lipinski definition) is 6. The minimum Gasteiger partial charge on any atom is -0.356 e. The highest BCUT2D eigenvalue weighted by molar-refractivity contribution is 5.79. The largest absolute Gasteiger partial charge is 0.356 e. The van der Waals surface area contributed by atoms with Crippen molar-refractivity contribution in [1.82, 2.24) is 19.8 Å². The first-order valence-corrected chi connectivity index (χ1v) is 9.95. The van der Waals surface area contributed by atoms with Crippen LogP contribution in [0.4, 0.5) is 5.82 Å². The summed E-state index contributed by atoms with van der Waals surface area (Å²) in [6.45, 7) is 4.52. The molecule has 1 amide bonds. The number of hydrogen-bond donors (Lipinski definition) is 0. The number of fused-ring (bicyclic) bond motifs is 1. The summed E-state index contributed by atoms with van der Waals surface area (Å²) in [6, 6.07) is 12.3. The van der Waals surface area contributed by atoms with Gasteiger partial charge in [-0.3, -0.25) is 9.69 Å². The molecule has 1 atom stereocenters. The first kappa shape index (κ1) is 17.6. The molecule has 1 aromatic carbocycles. The van der Waals surface area contributed by atoms with Gasteiger partial charge >= 0.3 is 0 Å². The predicted octanol–water partition coefficient (Wildman–Crippen LogP) is 1.52. The van der Waals surface area contributed by atoms with Crippen molar-refractivity contribution in [3.8, 4) is 0 Å². The third-order valence-corrected chi connectivity index (χ3v) is 6.10. The van der Waals surface area contributed by atoms with Crippen LogP contribution in [-0.2, 0) is 16.1 Å². The molecule has 1 unspecified atom stereocenters. The summed E-state index contributed by atoms with van der Waals surface area (Å²) < 4.78 is 6.52. The summed E-state index contributed by atoms with van der Waals surface area (Å²) in [4.78, 5) is 27.6. The van der Waals surface area contributed by atoms with E-state index >= 15 is 0 Å². The molecule has 3 aliphatic heterocycles. The summed E-state index contributed by atoms with van der Waals surface area (Å²) >= 11 is 0. The highest BCUT2D eigenvalue weighted by Gasteiger charge is 2.50. The van der Waals surface area contributed by atoms with E-state index in [1.165, 1.54) is 5.56 Å². The van der Waals surface area contributed by atoms with Gasteiger partial charge in [-0.25, -0.2) is 9.97 Å². The molecule has 0 bridgehead atoms. The molecule has 3 saturated heterocycles. The maximum atomic E-state index is 12.8. The number of anilines is 1. The van der Waals surface area contributed by atoms with E-state index in [4.69, 9.17) is 4.74 Å². The van der Waals surface area contributed by atoms with Crippen molar-refractivity contribution in [2.24, 2.45) is 0 Å². The van der Waals surface area contributed by atoms with Crippen LogP contribution in [0.5, 0.6) is 0 Å². The topological polar surface area (TPSA) is 61.8 Å². The number of piperazine rings is 1. The SMILES string of the molecule is O=C1CN(Cc2ccccc2)CC2OC3(CCN(c4ccncn4)CC3)CN12. The molecule has 7 heteroatoms. The highest BCUT2D eigenvalue weighted by atomic mass is 16.5. The third-order valence-electron chi connectivity index (χ3n) is 6.10. The lowest BCUT2D eigenvalue weighted by molar-refractivity contribution is -0.149. The lowest BCUT2D eigenvalue weighted by Gasteiger charge is -2.38. The number of benzene rings is 1. The maximum absolute atomic E-state index is 12.8. The van der Waals surface area contributed by atoms with Crippen molar-refractivity contribution in [2.45, 2.75) is 31.2 Å². The second-order valence-corrected chi connectivity index (χ2v) is 7.99. The van der Waals surface area contributed by atoms with Crippen LogP contribution in [0, 0.1) is 0 Å². The minimum absolute atomic E-state index is 0.129. The van der Waals surface area contributed by atoms with Crippen molar-refractivity contribution in [2.75, 3.05) is 37.6 Å². The molecule has 0 saturated carbocycles. The van der Waals surface area contributed by atoms with Crippen LogP contribution in [0.3, 0.4) is 0 Å². The molecule has 1 spiro atoms. The summed E-state index contributed by atoms with van der Waals surface area (Å²) in [5.41, 5.74) is 1.02. The quantitative estimate of drug-likeness (QED) is 0.806. The molecule has 2 aromatic rings. The van der Waals surface area contributed by atoms with Crippen LogP contribution < -0.4 is 4.90 Å². The Morgan fingerprint density at radius 2 is 1.96 bits per heavy atom. The number of nitrogens with zero attached hydrogens (tertiary/aromatic N) is 5. The Bertz CT molecular complexity index is 823. The van der Waals surface area contributed by atoms with Gasteiger partial charge < -0.3 is 14.5 Å². The van der Waals surface area contributed by atoms with E-state index in [0.717, 1.165) is 44.8 Å². The van der Waals surface area contributed by atoms with Gasteiger partial charge in [-0.2, -0.15) is 0 Å². The summed E-state index contributed by atoms with van der Waals surface area (Å²) in [5.74, 6) is 1.15. The molecule has 0 aliphatic carbocycles. The van der Waals surface area contributed by atoms with Crippen LogP contribution in [-0.4, -0.2) is 70.2 Å². The zero-order valence-electron chi connectivity index (χ0n) is 15.9. The average Bonchev–Trinajstić information content (AvgIpc) is 3.08. The summed E-state index contributed by atoms with van der Waals surface area (Å²) in [7, 11) is 0. The number of amides is 1. The second-order valence-electron chi connectivity index (χ2n) is 7.99. The highest BCUT2D eigenvalue weighted by Crippen LogP contribution is 2.37. The van der Waals surface area contributed by atoms with Gasteiger partial charge in [-0.15, -0.1) is 0 Å². The Hall–Kier alpha value is -2.51. The zero-order chi connectivity index (χ0) is 19.0. The molecule has 3 fully saturated rings. The minimum atomic E-state index is -0.216. The first-order chi connectivity index (χ1) is 13.7. The molecule has 1 aromatic heterocycles. The van der Waals surface area contributed by atoms with Gasteiger partial charge in [0.2, 0.25) is 5.91 Å². The number of piperidine rings is 1. The smallest absolute Gasteiger partial charge is 0.238 e. The number of carbonyl (C=O) groups excluding carboxylic acids is 1. The fraction of sp³-hybridized carbons (Fsp3) is 0.476. The van der Waals surface area contributed by atoms with Crippen LogP contribution in [0.25, 0.3) is 0 Å². The summed E-state index contributed by atoms with van der Waals surface area (Å²) in [5, 5.41) is 0. The molecule has 7 nitrogen and oxygen atoms in total. The van der Waals surface area contributed by atoms with Gasteiger partial charge in [0.15, 0.2) is 0 Å². The lowest BCUT2D eigenvalue weighted by Crippen LogP contribution is -2.53. The number of aromatic nitrogens is 2. The molecule has 146 valence electrons. The van der Waals surface area contributed by atoms with Gasteiger partial charge in [-0.1, -0.05) is 30.3 Å². The van der Waals surface area contributed by atoms with Gasteiger partial charge in [0, 0.05) is 32.4 Å². The van der Waals surface area contributed by atoms with E-state index in [1.54, 1.807) is 12.5 Å². The van der Waals surface area contributed by atoms with E-state index < -0.39 is 0 Å². The monoisotopic (exact) mass is 379 g/mol. The number of rotatable bonds is 3. The van der Waals surface area contributed by atoms with E-state index in [1.807, 2.05) is 29.2 Å². The Balaban J connectivity index is 1.23. The molecule has 28 heavy (non-hydrogen) atoms. The van der Waals surface area contributed by atoms with Crippen molar-refractivity contribution in [1.29, 1.82) is 0 Å². The fourth-order valence-electron chi connectivity index (χ4n) is 4.61. The maximum Gasteiger partial charge on any atom is 0.238 e. The zero-order valence-corrected chi connectivity index (χ0v) is 15.9. The van der Waals surface area contributed by atoms with Crippen LogP contribution >= 0.6 is 0 Å². The molecular formula is C21H25N5O2. The standard InChI is InChI=1S/C21H25N5O2/c27-19-13-24(12-17-4-2-1-3-5-17)14-20-26(19)15-21(28-20)7-10-25(11-8-21)18-6-9-22-16-23-18/h1-6,9,16,20H,7-8,10-15H2. The number of carbonyl (C=O) groups is 1. The Labute approximate surface area is 164 Å². The Morgan fingerprint density at radius 1 is 1.14 bits per heavy atom. The van der Waals surface area contributed by atoms with Crippen molar-refractivity contribution < 1.29 is 9.53 Å². The Kier molecular flexibility index (Phi) is 4.49. The molecular weight excluding hydrogens is 354 g/mol. The molecule has 3 aliphatic rings. The van der Waals surface area contributed by atoms with E-state index in [9.17, 15) is 4.79 Å². The van der Waals surface area contributed by atoms with Crippen molar-refractivity contribution in [3.05, 3.63) is 54.5 Å². The predicted molar refractivity (Wildman–Crippen MR) is 105 cm³/mol. The van der Waals surface area contributed by atoms with Gasteiger partial charge in [0.1, 0.15) is 18.4 Å². The van der Waals surface area contributed by atoms with Gasteiger partial charge in [-0.05, 0) is 24.5 Å². The molecule has 5 rings (SSSR count).